The largest absolute Gasteiger partial charge is 0.491 e. The molecule has 0 spiro atoms. The van der Waals surface area contributed by atoms with Gasteiger partial charge in [0, 0.05) is 32.4 Å². The number of aromatic nitrogens is 2. The Labute approximate surface area is 132 Å². The van der Waals surface area contributed by atoms with Gasteiger partial charge < -0.3 is 15.0 Å². The number of benzene rings is 1. The monoisotopic (exact) mass is 324 g/mol. The minimum absolute atomic E-state index is 0.00591. The zero-order valence-electron chi connectivity index (χ0n) is 13.1. The number of methoxy groups -OCH3 is 1. The maximum Gasteiger partial charge on any atom is 0.241 e. The third-order valence-corrected chi connectivity index (χ3v) is 3.29. The zero-order valence-corrected chi connectivity index (χ0v) is 13.1. The molecule has 0 aliphatic rings. The molecule has 0 aliphatic heterocycles. The molecule has 1 aromatic carbocycles. The molecule has 1 amide bonds. The number of likely N-dealkylation sites (N-methyl/N-ethyl adjacent to an activating group) is 1. The standard InChI is InChI=1S/C15H18F2N4O2/c1-20(8-10-6-19-21(2)9-10)13(22)7-18-12-5-4-11(16)15(23-3)14(12)17/h4-6,9,18H,7-8H2,1-3H3. The Morgan fingerprint density at radius 3 is 2.78 bits per heavy atom. The first-order valence-electron chi connectivity index (χ1n) is 6.89. The summed E-state index contributed by atoms with van der Waals surface area (Å²) >= 11 is 0. The summed E-state index contributed by atoms with van der Waals surface area (Å²) in [6.45, 7) is 0.270. The van der Waals surface area contributed by atoms with Gasteiger partial charge in [-0.1, -0.05) is 0 Å². The lowest BCUT2D eigenvalue weighted by Crippen LogP contribution is -2.31. The summed E-state index contributed by atoms with van der Waals surface area (Å²) in [6.07, 6.45) is 3.48. The van der Waals surface area contributed by atoms with E-state index in [1.54, 1.807) is 25.0 Å². The number of aryl methyl sites for hydroxylation is 1. The highest BCUT2D eigenvalue weighted by molar-refractivity contribution is 5.80. The van der Waals surface area contributed by atoms with Crippen molar-refractivity contribution in [2.75, 3.05) is 26.0 Å². The van der Waals surface area contributed by atoms with Crippen LogP contribution in [0.1, 0.15) is 5.56 Å². The number of anilines is 1. The van der Waals surface area contributed by atoms with Crippen LogP contribution in [-0.2, 0) is 18.4 Å². The second-order valence-electron chi connectivity index (χ2n) is 5.07. The van der Waals surface area contributed by atoms with Crippen molar-refractivity contribution in [2.45, 2.75) is 6.54 Å². The first-order valence-corrected chi connectivity index (χ1v) is 6.89. The number of ether oxygens (including phenoxy) is 1. The van der Waals surface area contributed by atoms with Crippen LogP contribution in [0.25, 0.3) is 0 Å². The Morgan fingerprint density at radius 2 is 2.17 bits per heavy atom. The van der Waals surface area contributed by atoms with E-state index in [1.807, 2.05) is 6.20 Å². The number of nitrogens with one attached hydrogen (secondary N) is 1. The summed E-state index contributed by atoms with van der Waals surface area (Å²) < 4.78 is 33.6. The van der Waals surface area contributed by atoms with Gasteiger partial charge in [0.25, 0.3) is 0 Å². The van der Waals surface area contributed by atoms with Crippen LogP contribution in [0.2, 0.25) is 0 Å². The molecule has 2 rings (SSSR count). The van der Waals surface area contributed by atoms with Crippen LogP contribution in [0.5, 0.6) is 5.75 Å². The fourth-order valence-corrected chi connectivity index (χ4v) is 2.08. The molecular formula is C15H18F2N4O2. The molecule has 0 bridgehead atoms. The van der Waals surface area contributed by atoms with Crippen molar-refractivity contribution < 1.29 is 18.3 Å². The average molecular weight is 324 g/mol. The molecule has 0 saturated carbocycles. The molecule has 1 heterocycles. The molecule has 0 saturated heterocycles. The molecule has 23 heavy (non-hydrogen) atoms. The maximum atomic E-state index is 14.0. The molecule has 0 atom stereocenters. The van der Waals surface area contributed by atoms with E-state index in [9.17, 15) is 13.6 Å². The SMILES string of the molecule is COc1c(F)ccc(NCC(=O)N(C)Cc2cnn(C)c2)c1F. The second kappa shape index (κ2) is 7.08. The highest BCUT2D eigenvalue weighted by atomic mass is 19.1. The molecule has 0 unspecified atom stereocenters. The maximum absolute atomic E-state index is 14.0. The molecule has 2 aromatic rings. The summed E-state index contributed by atoms with van der Waals surface area (Å²) in [7, 11) is 4.61. The quantitative estimate of drug-likeness (QED) is 0.880. The van der Waals surface area contributed by atoms with Crippen molar-refractivity contribution in [3.8, 4) is 5.75 Å². The van der Waals surface area contributed by atoms with Crippen molar-refractivity contribution in [2.24, 2.45) is 7.05 Å². The molecule has 8 heteroatoms. The topological polar surface area (TPSA) is 59.4 Å². The average Bonchev–Trinajstić information content (AvgIpc) is 2.91. The molecule has 0 aliphatic carbocycles. The number of carbonyl (C=O) groups excluding carboxylic acids is 1. The number of rotatable bonds is 6. The van der Waals surface area contributed by atoms with Crippen LogP contribution in [0.3, 0.4) is 0 Å². The summed E-state index contributed by atoms with van der Waals surface area (Å²) in [5.74, 6) is -2.38. The lowest BCUT2D eigenvalue weighted by Gasteiger charge is -2.17. The Kier molecular flexibility index (Phi) is 5.15. The van der Waals surface area contributed by atoms with E-state index >= 15 is 0 Å². The van der Waals surface area contributed by atoms with E-state index in [2.05, 4.69) is 15.2 Å². The van der Waals surface area contributed by atoms with Crippen LogP contribution in [0.15, 0.2) is 24.5 Å². The third-order valence-electron chi connectivity index (χ3n) is 3.29. The Morgan fingerprint density at radius 1 is 1.43 bits per heavy atom. The van der Waals surface area contributed by atoms with Gasteiger partial charge in [-0.2, -0.15) is 5.10 Å². The fourth-order valence-electron chi connectivity index (χ4n) is 2.08. The number of hydrogen-bond acceptors (Lipinski definition) is 4. The minimum Gasteiger partial charge on any atom is -0.491 e. The van der Waals surface area contributed by atoms with Crippen molar-refractivity contribution >= 4 is 11.6 Å². The zero-order chi connectivity index (χ0) is 17.0. The molecule has 0 radical (unpaired) electrons. The van der Waals surface area contributed by atoms with Crippen molar-refractivity contribution in [1.29, 1.82) is 0 Å². The molecule has 1 N–H and O–H groups in total. The van der Waals surface area contributed by atoms with Gasteiger partial charge in [0.1, 0.15) is 0 Å². The first kappa shape index (κ1) is 16.7. The second-order valence-corrected chi connectivity index (χ2v) is 5.07. The van der Waals surface area contributed by atoms with Gasteiger partial charge in [0.15, 0.2) is 17.4 Å². The van der Waals surface area contributed by atoms with Crippen LogP contribution < -0.4 is 10.1 Å². The molecule has 6 nitrogen and oxygen atoms in total. The van der Waals surface area contributed by atoms with Crippen LogP contribution >= 0.6 is 0 Å². The van der Waals surface area contributed by atoms with Gasteiger partial charge >= 0.3 is 0 Å². The Bertz CT molecular complexity index is 703. The van der Waals surface area contributed by atoms with Gasteiger partial charge in [-0.25, -0.2) is 8.78 Å². The van der Waals surface area contributed by atoms with E-state index in [1.165, 1.54) is 18.1 Å². The van der Waals surface area contributed by atoms with Gasteiger partial charge in [-0.05, 0) is 12.1 Å². The van der Waals surface area contributed by atoms with Crippen molar-refractivity contribution in [3.05, 3.63) is 41.7 Å². The van der Waals surface area contributed by atoms with Crippen LogP contribution in [-0.4, -0.2) is 41.3 Å². The van der Waals surface area contributed by atoms with E-state index in [-0.39, 0.29) is 18.1 Å². The van der Waals surface area contributed by atoms with E-state index in [0.29, 0.717) is 6.54 Å². The summed E-state index contributed by atoms with van der Waals surface area (Å²) in [6, 6.07) is 2.30. The molecule has 124 valence electrons. The lowest BCUT2D eigenvalue weighted by atomic mass is 10.2. The number of amides is 1. The summed E-state index contributed by atoms with van der Waals surface area (Å²) in [5.41, 5.74) is 0.893. The first-order chi connectivity index (χ1) is 10.9. The summed E-state index contributed by atoms with van der Waals surface area (Å²) in [4.78, 5) is 13.6. The number of carbonyl (C=O) groups is 1. The highest BCUT2D eigenvalue weighted by Gasteiger charge is 2.16. The van der Waals surface area contributed by atoms with Gasteiger partial charge in [-0.3, -0.25) is 9.48 Å². The predicted molar refractivity (Wildman–Crippen MR) is 81.1 cm³/mol. The van der Waals surface area contributed by atoms with Crippen molar-refractivity contribution in [1.82, 2.24) is 14.7 Å². The molecular weight excluding hydrogens is 306 g/mol. The van der Waals surface area contributed by atoms with Gasteiger partial charge in [-0.15, -0.1) is 0 Å². The number of nitrogens with zero attached hydrogens (tertiary/aromatic N) is 3. The van der Waals surface area contributed by atoms with E-state index < -0.39 is 17.4 Å². The smallest absolute Gasteiger partial charge is 0.241 e. The lowest BCUT2D eigenvalue weighted by molar-refractivity contribution is -0.128. The fraction of sp³-hybridized carbons (Fsp3) is 0.333. The Balaban J connectivity index is 1.96. The Hall–Kier alpha value is -2.64. The predicted octanol–water partition coefficient (Wildman–Crippen LogP) is 1.78. The summed E-state index contributed by atoms with van der Waals surface area (Å²) in [5, 5.41) is 6.68. The van der Waals surface area contributed by atoms with Crippen molar-refractivity contribution in [3.63, 3.8) is 0 Å². The molecule has 1 aromatic heterocycles. The number of halogens is 2. The normalized spacial score (nSPS) is 10.5. The third kappa shape index (κ3) is 3.97. The molecule has 0 fully saturated rings. The minimum atomic E-state index is -0.866. The highest BCUT2D eigenvalue weighted by Crippen LogP contribution is 2.27. The van der Waals surface area contributed by atoms with E-state index in [4.69, 9.17) is 0 Å². The van der Waals surface area contributed by atoms with E-state index in [0.717, 1.165) is 11.6 Å². The van der Waals surface area contributed by atoms with Gasteiger partial charge in [0.2, 0.25) is 5.91 Å². The number of hydrogen-bond donors (Lipinski definition) is 1. The van der Waals surface area contributed by atoms with Crippen LogP contribution in [0.4, 0.5) is 14.5 Å². The van der Waals surface area contributed by atoms with Gasteiger partial charge in [0.05, 0.1) is 25.5 Å². The van der Waals surface area contributed by atoms with Crippen LogP contribution in [0, 0.1) is 11.6 Å².